The third-order valence-electron chi connectivity index (χ3n) is 6.59. The van der Waals surface area contributed by atoms with Crippen LogP contribution in [0.15, 0.2) is 42.5 Å². The molecule has 1 aliphatic rings. The third kappa shape index (κ3) is 7.55. The number of hydrogen-bond donors (Lipinski definition) is 1. The van der Waals surface area contributed by atoms with Gasteiger partial charge in [0.1, 0.15) is 18.3 Å². The van der Waals surface area contributed by atoms with E-state index in [-0.39, 0.29) is 24.2 Å². The Kier molecular flexibility index (Phi) is 10.7. The van der Waals surface area contributed by atoms with Gasteiger partial charge < -0.3 is 15.0 Å². The minimum atomic E-state index is -3.89. The topological polar surface area (TPSA) is 96.0 Å². The molecule has 11 heteroatoms. The van der Waals surface area contributed by atoms with Crippen molar-refractivity contribution in [3.05, 3.63) is 58.1 Å². The molecule has 2 aromatic carbocycles. The largest absolute Gasteiger partial charge is 0.492 e. The van der Waals surface area contributed by atoms with Crippen molar-refractivity contribution >= 4 is 50.7 Å². The number of halogens is 2. The maximum absolute atomic E-state index is 13.9. The SMILES string of the molecule is CCOc1ccccc1N(CC(=O)N(Cc1c(Cl)cccc1Cl)[C@@H](CC)C(=O)NC1CCCC1)S(C)(=O)=O. The molecular weight excluding hydrogens is 549 g/mol. The molecule has 2 aromatic rings. The van der Waals surface area contributed by atoms with E-state index in [0.717, 1.165) is 36.2 Å². The number of ether oxygens (including phenoxy) is 1. The summed E-state index contributed by atoms with van der Waals surface area (Å²) in [6.45, 7) is 3.33. The second-order valence-electron chi connectivity index (χ2n) is 9.31. The zero-order chi connectivity index (χ0) is 27.9. The first-order valence-corrected chi connectivity index (χ1v) is 15.4. The fourth-order valence-electron chi connectivity index (χ4n) is 4.68. The van der Waals surface area contributed by atoms with E-state index in [1.807, 2.05) is 6.92 Å². The average Bonchev–Trinajstić information content (AvgIpc) is 3.37. The summed E-state index contributed by atoms with van der Waals surface area (Å²) < 4.78 is 32.4. The molecule has 0 heterocycles. The van der Waals surface area contributed by atoms with E-state index in [9.17, 15) is 18.0 Å². The molecule has 1 atom stereocenters. The third-order valence-corrected chi connectivity index (χ3v) is 8.43. The minimum Gasteiger partial charge on any atom is -0.492 e. The number of anilines is 1. The molecule has 0 radical (unpaired) electrons. The maximum atomic E-state index is 13.9. The fourth-order valence-corrected chi connectivity index (χ4v) is 6.05. The summed E-state index contributed by atoms with van der Waals surface area (Å²) in [6.07, 6.45) is 5.22. The Hall–Kier alpha value is -2.49. The number of nitrogens with zero attached hydrogens (tertiary/aromatic N) is 2. The molecule has 1 saturated carbocycles. The van der Waals surface area contributed by atoms with Crippen molar-refractivity contribution in [3.8, 4) is 5.75 Å². The van der Waals surface area contributed by atoms with Crippen LogP contribution in [0.4, 0.5) is 5.69 Å². The van der Waals surface area contributed by atoms with Crippen LogP contribution in [0.2, 0.25) is 10.0 Å². The molecule has 0 aromatic heterocycles. The molecule has 1 fully saturated rings. The molecule has 38 heavy (non-hydrogen) atoms. The lowest BCUT2D eigenvalue weighted by Crippen LogP contribution is -2.53. The number of benzene rings is 2. The van der Waals surface area contributed by atoms with Crippen molar-refractivity contribution < 1.29 is 22.7 Å². The Bertz CT molecular complexity index is 1210. The van der Waals surface area contributed by atoms with Crippen LogP contribution in [0.1, 0.15) is 51.5 Å². The predicted molar refractivity (Wildman–Crippen MR) is 151 cm³/mol. The lowest BCUT2D eigenvalue weighted by molar-refractivity contribution is -0.140. The van der Waals surface area contributed by atoms with Gasteiger partial charge in [-0.25, -0.2) is 8.42 Å². The molecule has 1 N–H and O–H groups in total. The Morgan fingerprint density at radius 2 is 1.68 bits per heavy atom. The van der Waals surface area contributed by atoms with Gasteiger partial charge in [-0.15, -0.1) is 0 Å². The van der Waals surface area contributed by atoms with Crippen LogP contribution in [0.5, 0.6) is 5.75 Å². The van der Waals surface area contributed by atoms with Gasteiger partial charge in [0.25, 0.3) is 0 Å². The summed E-state index contributed by atoms with van der Waals surface area (Å²) in [4.78, 5) is 28.7. The molecule has 1 aliphatic carbocycles. The highest BCUT2D eigenvalue weighted by molar-refractivity contribution is 7.92. The van der Waals surface area contributed by atoms with Crippen LogP contribution in [-0.4, -0.2) is 56.6 Å². The summed E-state index contributed by atoms with van der Waals surface area (Å²) in [5, 5.41) is 3.77. The zero-order valence-corrected chi connectivity index (χ0v) is 24.3. The van der Waals surface area contributed by atoms with Crippen LogP contribution in [-0.2, 0) is 26.2 Å². The first-order chi connectivity index (χ1) is 18.1. The van der Waals surface area contributed by atoms with Gasteiger partial charge in [-0.3, -0.25) is 13.9 Å². The summed E-state index contributed by atoms with van der Waals surface area (Å²) in [5.74, 6) is -0.511. The van der Waals surface area contributed by atoms with Crippen molar-refractivity contribution in [1.29, 1.82) is 0 Å². The Morgan fingerprint density at radius 1 is 1.05 bits per heavy atom. The van der Waals surface area contributed by atoms with Gasteiger partial charge in [0.15, 0.2) is 0 Å². The van der Waals surface area contributed by atoms with Gasteiger partial charge in [-0.2, -0.15) is 0 Å². The van der Waals surface area contributed by atoms with E-state index < -0.39 is 28.5 Å². The molecule has 0 saturated heterocycles. The average molecular weight is 585 g/mol. The molecule has 0 bridgehead atoms. The molecule has 3 rings (SSSR count). The predicted octanol–water partition coefficient (Wildman–Crippen LogP) is 5.02. The number of carbonyl (C=O) groups excluding carboxylic acids is 2. The van der Waals surface area contributed by atoms with Crippen LogP contribution in [0, 0.1) is 0 Å². The normalized spacial score (nSPS) is 14.7. The number of hydrogen-bond acceptors (Lipinski definition) is 5. The lowest BCUT2D eigenvalue weighted by Gasteiger charge is -2.34. The number of sulfonamides is 1. The molecule has 0 aliphatic heterocycles. The van der Waals surface area contributed by atoms with Crippen molar-refractivity contribution in [2.75, 3.05) is 23.7 Å². The van der Waals surface area contributed by atoms with Gasteiger partial charge in [0, 0.05) is 28.2 Å². The summed E-state index contributed by atoms with van der Waals surface area (Å²) in [6, 6.07) is 10.8. The zero-order valence-electron chi connectivity index (χ0n) is 22.0. The first kappa shape index (κ1) is 30.1. The van der Waals surface area contributed by atoms with Crippen molar-refractivity contribution in [2.24, 2.45) is 0 Å². The minimum absolute atomic E-state index is 0.0569. The Morgan fingerprint density at radius 3 is 2.26 bits per heavy atom. The van der Waals surface area contributed by atoms with Crippen LogP contribution in [0.3, 0.4) is 0 Å². The van der Waals surface area contributed by atoms with Crippen LogP contribution < -0.4 is 14.4 Å². The highest BCUT2D eigenvalue weighted by Crippen LogP contribution is 2.31. The van der Waals surface area contributed by atoms with Gasteiger partial charge >= 0.3 is 0 Å². The smallest absolute Gasteiger partial charge is 0.244 e. The van der Waals surface area contributed by atoms with E-state index in [1.54, 1.807) is 49.4 Å². The van der Waals surface area contributed by atoms with Gasteiger partial charge in [-0.05, 0) is 50.5 Å². The van der Waals surface area contributed by atoms with E-state index in [2.05, 4.69) is 5.32 Å². The summed E-state index contributed by atoms with van der Waals surface area (Å²) in [5.41, 5.74) is 0.723. The number of nitrogens with one attached hydrogen (secondary N) is 1. The Balaban J connectivity index is 2.00. The standard InChI is InChI=1S/C27H35Cl2N3O5S/c1-4-23(27(34)30-19-11-6-7-12-19)31(17-20-21(28)13-10-14-22(20)29)26(33)18-32(38(3,35)36)24-15-8-9-16-25(24)37-5-2/h8-10,13-16,19,23H,4-7,11-12,17-18H2,1-3H3,(H,30,34)/t23-/m0/s1. The number of rotatable bonds is 12. The highest BCUT2D eigenvalue weighted by Gasteiger charge is 2.34. The second-order valence-corrected chi connectivity index (χ2v) is 12.0. The highest BCUT2D eigenvalue weighted by atomic mass is 35.5. The summed E-state index contributed by atoms with van der Waals surface area (Å²) >= 11 is 12.9. The van der Waals surface area contributed by atoms with Crippen LogP contribution >= 0.6 is 23.2 Å². The van der Waals surface area contributed by atoms with Crippen molar-refractivity contribution in [1.82, 2.24) is 10.2 Å². The Labute approximate surface area is 235 Å². The van der Waals surface area contributed by atoms with Crippen LogP contribution in [0.25, 0.3) is 0 Å². The number of amides is 2. The maximum Gasteiger partial charge on any atom is 0.244 e. The van der Waals surface area contributed by atoms with E-state index in [0.29, 0.717) is 34.4 Å². The van der Waals surface area contributed by atoms with Crippen molar-refractivity contribution in [3.63, 3.8) is 0 Å². The molecule has 8 nitrogen and oxygen atoms in total. The van der Waals surface area contributed by atoms with Crippen molar-refractivity contribution in [2.45, 2.75) is 64.6 Å². The quantitative estimate of drug-likeness (QED) is 0.378. The molecular formula is C27H35Cl2N3O5S. The summed E-state index contributed by atoms with van der Waals surface area (Å²) in [7, 11) is -3.89. The number of carbonyl (C=O) groups is 2. The molecule has 208 valence electrons. The van der Waals surface area contributed by atoms with Gasteiger partial charge in [0.05, 0.1) is 18.6 Å². The monoisotopic (exact) mass is 583 g/mol. The van der Waals surface area contributed by atoms with E-state index in [4.69, 9.17) is 27.9 Å². The van der Waals surface area contributed by atoms with E-state index in [1.165, 1.54) is 4.90 Å². The number of para-hydroxylation sites is 2. The molecule has 2 amide bonds. The van der Waals surface area contributed by atoms with Gasteiger partial charge in [0.2, 0.25) is 21.8 Å². The fraction of sp³-hybridized carbons (Fsp3) is 0.481. The molecule has 0 spiro atoms. The first-order valence-electron chi connectivity index (χ1n) is 12.8. The molecule has 0 unspecified atom stereocenters. The lowest BCUT2D eigenvalue weighted by atomic mass is 10.1. The van der Waals surface area contributed by atoms with Gasteiger partial charge in [-0.1, -0.05) is 61.2 Å². The second kappa shape index (κ2) is 13.5. The van der Waals surface area contributed by atoms with E-state index >= 15 is 0 Å².